The van der Waals surface area contributed by atoms with Crippen molar-refractivity contribution in [3.05, 3.63) is 22.7 Å². The monoisotopic (exact) mass is 372 g/mol. The standard InChI is InChI=1S/C14H17BrN2O3S/c1-14(2,9-16)17(11-5-6-11)21(18,19)13-8-10(15)4-7-12(13)20-3/h4,7-8,11H,5-6H2,1-3H3. The fraction of sp³-hybridized carbons (Fsp3) is 0.500. The van der Waals surface area contributed by atoms with E-state index in [9.17, 15) is 13.7 Å². The summed E-state index contributed by atoms with van der Waals surface area (Å²) in [5.74, 6) is 0.276. The molecule has 0 spiro atoms. The smallest absolute Gasteiger partial charge is 0.248 e. The molecule has 0 N–H and O–H groups in total. The fourth-order valence-electron chi connectivity index (χ4n) is 2.27. The molecule has 1 aliphatic rings. The highest BCUT2D eigenvalue weighted by atomic mass is 79.9. The molecule has 1 aliphatic carbocycles. The van der Waals surface area contributed by atoms with E-state index in [1.807, 2.05) is 0 Å². The zero-order valence-corrected chi connectivity index (χ0v) is 14.5. The quantitative estimate of drug-likeness (QED) is 0.796. The van der Waals surface area contributed by atoms with Gasteiger partial charge >= 0.3 is 0 Å². The van der Waals surface area contributed by atoms with E-state index < -0.39 is 15.6 Å². The summed E-state index contributed by atoms with van der Waals surface area (Å²) in [4.78, 5) is 0.0783. The second kappa shape index (κ2) is 5.59. The van der Waals surface area contributed by atoms with E-state index in [4.69, 9.17) is 4.74 Å². The molecule has 21 heavy (non-hydrogen) atoms. The van der Waals surface area contributed by atoms with Gasteiger partial charge in [0.2, 0.25) is 10.0 Å². The number of methoxy groups -OCH3 is 1. The van der Waals surface area contributed by atoms with Crippen LogP contribution in [-0.2, 0) is 10.0 Å². The SMILES string of the molecule is COc1ccc(Br)cc1S(=O)(=O)N(C1CC1)C(C)(C)C#N. The maximum Gasteiger partial charge on any atom is 0.248 e. The van der Waals surface area contributed by atoms with Crippen LogP contribution in [0.3, 0.4) is 0 Å². The van der Waals surface area contributed by atoms with Gasteiger partial charge in [0.1, 0.15) is 16.2 Å². The van der Waals surface area contributed by atoms with Crippen molar-refractivity contribution in [3.63, 3.8) is 0 Å². The Kier molecular flexibility index (Phi) is 4.34. The van der Waals surface area contributed by atoms with Crippen LogP contribution in [0.5, 0.6) is 5.75 Å². The molecule has 5 nitrogen and oxygen atoms in total. The highest BCUT2D eigenvalue weighted by Gasteiger charge is 2.47. The number of ether oxygens (including phenoxy) is 1. The van der Waals surface area contributed by atoms with Crippen molar-refractivity contribution in [1.29, 1.82) is 5.26 Å². The van der Waals surface area contributed by atoms with E-state index in [1.165, 1.54) is 17.5 Å². The maximum atomic E-state index is 13.0. The molecule has 0 bridgehead atoms. The van der Waals surface area contributed by atoms with Gasteiger partial charge in [-0.2, -0.15) is 9.57 Å². The summed E-state index contributed by atoms with van der Waals surface area (Å²) < 4.78 is 33.2. The van der Waals surface area contributed by atoms with Gasteiger partial charge in [-0.15, -0.1) is 0 Å². The largest absolute Gasteiger partial charge is 0.495 e. The second-order valence-electron chi connectivity index (χ2n) is 5.50. The highest BCUT2D eigenvalue weighted by Crippen LogP contribution is 2.40. The molecule has 1 saturated carbocycles. The summed E-state index contributed by atoms with van der Waals surface area (Å²) in [6.07, 6.45) is 1.56. The average molecular weight is 373 g/mol. The summed E-state index contributed by atoms with van der Waals surface area (Å²) in [6.45, 7) is 3.24. The van der Waals surface area contributed by atoms with Gasteiger partial charge in [0.05, 0.1) is 13.2 Å². The fourth-order valence-corrected chi connectivity index (χ4v) is 4.92. The van der Waals surface area contributed by atoms with Crippen LogP contribution < -0.4 is 4.74 Å². The molecule has 1 fully saturated rings. The molecular weight excluding hydrogens is 356 g/mol. The van der Waals surface area contributed by atoms with Gasteiger partial charge in [-0.25, -0.2) is 8.42 Å². The van der Waals surface area contributed by atoms with Crippen molar-refractivity contribution in [3.8, 4) is 11.8 Å². The first-order chi connectivity index (χ1) is 9.74. The van der Waals surface area contributed by atoms with Crippen LogP contribution in [0.4, 0.5) is 0 Å². The Morgan fingerprint density at radius 2 is 2.05 bits per heavy atom. The van der Waals surface area contributed by atoms with Gasteiger partial charge < -0.3 is 4.74 Å². The third kappa shape index (κ3) is 3.07. The third-order valence-corrected chi connectivity index (χ3v) is 6.01. The molecule has 0 unspecified atom stereocenters. The van der Waals surface area contributed by atoms with Crippen LogP contribution in [0.2, 0.25) is 0 Å². The van der Waals surface area contributed by atoms with Gasteiger partial charge in [-0.3, -0.25) is 0 Å². The Morgan fingerprint density at radius 1 is 1.43 bits per heavy atom. The maximum absolute atomic E-state index is 13.0. The van der Waals surface area contributed by atoms with Crippen molar-refractivity contribution in [2.24, 2.45) is 0 Å². The lowest BCUT2D eigenvalue weighted by atomic mass is 10.1. The van der Waals surface area contributed by atoms with Crippen LogP contribution in [-0.4, -0.2) is 31.4 Å². The van der Waals surface area contributed by atoms with Crippen LogP contribution in [0.25, 0.3) is 0 Å². The lowest BCUT2D eigenvalue weighted by molar-refractivity contribution is 0.279. The van der Waals surface area contributed by atoms with Gasteiger partial charge in [0, 0.05) is 10.5 Å². The van der Waals surface area contributed by atoms with Crippen LogP contribution in [0.1, 0.15) is 26.7 Å². The van der Waals surface area contributed by atoms with Crippen molar-refractivity contribution in [2.45, 2.75) is 43.2 Å². The number of nitriles is 1. The molecule has 0 amide bonds. The Labute approximate surface area is 133 Å². The first-order valence-electron chi connectivity index (χ1n) is 6.53. The van der Waals surface area contributed by atoms with E-state index in [-0.39, 0.29) is 16.7 Å². The first kappa shape index (κ1) is 16.3. The van der Waals surface area contributed by atoms with Gasteiger partial charge in [-0.1, -0.05) is 15.9 Å². The Bertz CT molecular complexity index is 691. The molecule has 1 aromatic carbocycles. The van der Waals surface area contributed by atoms with E-state index >= 15 is 0 Å². The van der Waals surface area contributed by atoms with E-state index in [0.29, 0.717) is 4.47 Å². The van der Waals surface area contributed by atoms with Crippen LogP contribution in [0, 0.1) is 11.3 Å². The Balaban J connectivity index is 2.60. The predicted molar refractivity (Wildman–Crippen MR) is 82.4 cm³/mol. The van der Waals surface area contributed by atoms with Crippen molar-refractivity contribution in [2.75, 3.05) is 7.11 Å². The summed E-state index contributed by atoms with van der Waals surface area (Å²) in [5.41, 5.74) is -1.10. The molecule has 2 rings (SSSR count). The van der Waals surface area contributed by atoms with Crippen molar-refractivity contribution in [1.82, 2.24) is 4.31 Å². The summed E-state index contributed by atoms with van der Waals surface area (Å²) in [7, 11) is -2.39. The minimum atomic E-state index is -3.82. The first-order valence-corrected chi connectivity index (χ1v) is 8.76. The molecule has 0 heterocycles. The molecule has 0 aromatic heterocycles. The van der Waals surface area contributed by atoms with Gasteiger partial charge in [0.15, 0.2) is 0 Å². The van der Waals surface area contributed by atoms with Crippen LogP contribution >= 0.6 is 15.9 Å². The number of sulfonamides is 1. The minimum absolute atomic E-state index is 0.0783. The molecule has 0 atom stereocenters. The second-order valence-corrected chi connectivity index (χ2v) is 8.20. The minimum Gasteiger partial charge on any atom is -0.495 e. The van der Waals surface area contributed by atoms with Gasteiger partial charge in [-0.05, 0) is 44.9 Å². The highest BCUT2D eigenvalue weighted by molar-refractivity contribution is 9.10. The van der Waals surface area contributed by atoms with E-state index in [2.05, 4.69) is 22.0 Å². The van der Waals surface area contributed by atoms with E-state index in [1.54, 1.807) is 26.0 Å². The zero-order chi connectivity index (χ0) is 15.8. The number of hydrogen-bond donors (Lipinski definition) is 0. The normalized spacial score (nSPS) is 15.8. The molecule has 7 heteroatoms. The lowest BCUT2D eigenvalue weighted by Crippen LogP contribution is -2.48. The number of hydrogen-bond acceptors (Lipinski definition) is 4. The molecular formula is C14H17BrN2O3S. The molecule has 114 valence electrons. The summed E-state index contributed by atoms with van der Waals surface area (Å²) in [6, 6.07) is 6.79. The zero-order valence-electron chi connectivity index (χ0n) is 12.1. The Morgan fingerprint density at radius 3 is 2.52 bits per heavy atom. The number of nitrogens with zero attached hydrogens (tertiary/aromatic N) is 2. The third-order valence-electron chi connectivity index (χ3n) is 3.37. The van der Waals surface area contributed by atoms with Gasteiger partial charge in [0.25, 0.3) is 0 Å². The Hall–Kier alpha value is -1.10. The number of halogens is 1. The van der Waals surface area contributed by atoms with E-state index in [0.717, 1.165) is 12.8 Å². The molecule has 0 aliphatic heterocycles. The molecule has 0 saturated heterocycles. The number of benzene rings is 1. The van der Waals surface area contributed by atoms with Crippen LogP contribution in [0.15, 0.2) is 27.6 Å². The summed E-state index contributed by atoms with van der Waals surface area (Å²) >= 11 is 3.28. The average Bonchev–Trinajstić information content (AvgIpc) is 3.22. The predicted octanol–water partition coefficient (Wildman–Crippen LogP) is 2.91. The van der Waals surface area contributed by atoms with Crippen molar-refractivity contribution < 1.29 is 13.2 Å². The van der Waals surface area contributed by atoms with Crippen molar-refractivity contribution >= 4 is 26.0 Å². The number of rotatable bonds is 5. The topological polar surface area (TPSA) is 70.4 Å². The summed E-state index contributed by atoms with van der Waals surface area (Å²) in [5, 5.41) is 9.34. The molecule has 1 aromatic rings. The molecule has 0 radical (unpaired) electrons. The lowest BCUT2D eigenvalue weighted by Gasteiger charge is -2.32.